The Morgan fingerprint density at radius 1 is 1.33 bits per heavy atom. The lowest BCUT2D eigenvalue weighted by Crippen LogP contribution is -2.51. The Morgan fingerprint density at radius 2 is 2.11 bits per heavy atom. The van der Waals surface area contributed by atoms with Crippen molar-refractivity contribution in [2.24, 2.45) is 0 Å². The second kappa shape index (κ2) is 6.15. The molecule has 0 N–H and O–H groups in total. The van der Waals surface area contributed by atoms with E-state index >= 15 is 0 Å². The molecule has 0 saturated carbocycles. The second-order valence-corrected chi connectivity index (χ2v) is 4.74. The van der Waals surface area contributed by atoms with Crippen LogP contribution in [0.5, 0.6) is 0 Å². The quantitative estimate of drug-likeness (QED) is 0.634. The van der Waals surface area contributed by atoms with Crippen LogP contribution in [0, 0.1) is 0 Å². The molecule has 2 saturated heterocycles. The van der Waals surface area contributed by atoms with Gasteiger partial charge in [0.2, 0.25) is 5.91 Å². The van der Waals surface area contributed by atoms with Crippen LogP contribution in [0.2, 0.25) is 0 Å². The zero-order valence-corrected chi connectivity index (χ0v) is 10.8. The van der Waals surface area contributed by atoms with Crippen LogP contribution in [0.25, 0.3) is 0 Å². The normalized spacial score (nSPS) is 24.5. The van der Waals surface area contributed by atoms with Crippen molar-refractivity contribution in [2.45, 2.75) is 18.9 Å². The topological polar surface area (TPSA) is 59.1 Å². The van der Waals surface area contributed by atoms with Gasteiger partial charge in [-0.05, 0) is 6.42 Å². The molecule has 102 valence electrons. The minimum absolute atomic E-state index is 0.157. The molecule has 1 amide bonds. The molecule has 0 aromatic heterocycles. The molecule has 0 aromatic carbocycles. The zero-order chi connectivity index (χ0) is 13.0. The lowest BCUT2D eigenvalue weighted by atomic mass is 10.2. The van der Waals surface area contributed by atoms with E-state index in [-0.39, 0.29) is 24.4 Å². The van der Waals surface area contributed by atoms with Gasteiger partial charge in [-0.2, -0.15) is 0 Å². The van der Waals surface area contributed by atoms with E-state index in [1.54, 1.807) is 0 Å². The Hall–Kier alpha value is -1.14. The van der Waals surface area contributed by atoms with E-state index < -0.39 is 0 Å². The zero-order valence-electron chi connectivity index (χ0n) is 10.8. The van der Waals surface area contributed by atoms with Gasteiger partial charge in [-0.25, -0.2) is 0 Å². The number of morpholine rings is 1. The van der Waals surface area contributed by atoms with Crippen molar-refractivity contribution in [2.75, 3.05) is 46.4 Å². The van der Waals surface area contributed by atoms with Crippen molar-refractivity contribution >= 4 is 11.9 Å². The van der Waals surface area contributed by atoms with Crippen LogP contribution in [-0.4, -0.2) is 74.2 Å². The van der Waals surface area contributed by atoms with Crippen molar-refractivity contribution < 1.29 is 19.1 Å². The van der Waals surface area contributed by atoms with Crippen molar-refractivity contribution in [3.8, 4) is 0 Å². The number of esters is 1. The molecule has 6 heteroatoms. The fraction of sp³-hybridized carbons (Fsp3) is 0.833. The van der Waals surface area contributed by atoms with E-state index in [4.69, 9.17) is 4.74 Å². The highest BCUT2D eigenvalue weighted by Crippen LogP contribution is 2.11. The van der Waals surface area contributed by atoms with E-state index in [0.29, 0.717) is 19.7 Å². The van der Waals surface area contributed by atoms with Gasteiger partial charge in [-0.1, -0.05) is 0 Å². The van der Waals surface area contributed by atoms with Gasteiger partial charge in [-0.3, -0.25) is 14.5 Å². The monoisotopic (exact) mass is 256 g/mol. The smallest absolute Gasteiger partial charge is 0.308 e. The SMILES string of the molecule is COC(=O)CC1CN(CC(=O)N2CCC2)CCO1. The molecule has 18 heavy (non-hydrogen) atoms. The summed E-state index contributed by atoms with van der Waals surface area (Å²) in [6.45, 7) is 4.13. The first kappa shape index (κ1) is 13.3. The summed E-state index contributed by atoms with van der Waals surface area (Å²) in [6, 6.07) is 0. The van der Waals surface area contributed by atoms with E-state index in [0.717, 1.165) is 26.1 Å². The Labute approximate surface area is 107 Å². The number of ether oxygens (including phenoxy) is 2. The molecule has 2 rings (SSSR count). The molecule has 0 bridgehead atoms. The average molecular weight is 256 g/mol. The maximum atomic E-state index is 11.8. The lowest BCUT2D eigenvalue weighted by molar-refractivity contribution is -0.146. The fourth-order valence-corrected chi connectivity index (χ4v) is 2.17. The van der Waals surface area contributed by atoms with Gasteiger partial charge in [-0.15, -0.1) is 0 Å². The van der Waals surface area contributed by atoms with Gasteiger partial charge in [0.1, 0.15) is 0 Å². The first-order valence-electron chi connectivity index (χ1n) is 6.37. The van der Waals surface area contributed by atoms with Crippen molar-refractivity contribution in [1.82, 2.24) is 9.80 Å². The third-order valence-electron chi connectivity index (χ3n) is 3.41. The Kier molecular flexibility index (Phi) is 4.54. The molecule has 6 nitrogen and oxygen atoms in total. The predicted octanol–water partition coefficient (Wildman–Crippen LogP) is -0.517. The first-order valence-corrected chi connectivity index (χ1v) is 6.37. The molecule has 0 aromatic rings. The van der Waals surface area contributed by atoms with Gasteiger partial charge in [0, 0.05) is 26.2 Å². The first-order chi connectivity index (χ1) is 8.69. The van der Waals surface area contributed by atoms with Gasteiger partial charge in [0.05, 0.1) is 32.8 Å². The third kappa shape index (κ3) is 3.43. The molecule has 2 aliphatic rings. The standard InChI is InChI=1S/C12H20N2O4/c1-17-12(16)7-10-8-13(5-6-18-10)9-11(15)14-3-2-4-14/h10H,2-9H2,1H3. The average Bonchev–Trinajstić information content (AvgIpc) is 2.26. The van der Waals surface area contributed by atoms with E-state index in [1.807, 2.05) is 4.90 Å². The van der Waals surface area contributed by atoms with Crippen LogP contribution in [0.15, 0.2) is 0 Å². The van der Waals surface area contributed by atoms with Gasteiger partial charge < -0.3 is 14.4 Å². The minimum Gasteiger partial charge on any atom is -0.469 e. The van der Waals surface area contributed by atoms with Crippen molar-refractivity contribution in [1.29, 1.82) is 0 Å². The molecule has 1 unspecified atom stereocenters. The van der Waals surface area contributed by atoms with Crippen LogP contribution < -0.4 is 0 Å². The molecule has 2 fully saturated rings. The largest absolute Gasteiger partial charge is 0.469 e. The highest BCUT2D eigenvalue weighted by molar-refractivity contribution is 5.79. The van der Waals surface area contributed by atoms with E-state index in [1.165, 1.54) is 7.11 Å². The number of carbonyl (C=O) groups excluding carboxylic acids is 2. The van der Waals surface area contributed by atoms with Crippen LogP contribution >= 0.6 is 0 Å². The Morgan fingerprint density at radius 3 is 2.72 bits per heavy atom. The summed E-state index contributed by atoms with van der Waals surface area (Å²) in [5, 5.41) is 0. The summed E-state index contributed by atoms with van der Waals surface area (Å²) in [4.78, 5) is 26.9. The number of hydrogen-bond acceptors (Lipinski definition) is 5. The molecule has 0 radical (unpaired) electrons. The number of carbonyl (C=O) groups is 2. The van der Waals surface area contributed by atoms with Crippen LogP contribution in [0.3, 0.4) is 0 Å². The summed E-state index contributed by atoms with van der Waals surface area (Å²) < 4.78 is 10.1. The highest BCUT2D eigenvalue weighted by atomic mass is 16.5. The molecular weight excluding hydrogens is 236 g/mol. The predicted molar refractivity (Wildman–Crippen MR) is 64.0 cm³/mol. The molecule has 0 aliphatic carbocycles. The number of amides is 1. The number of nitrogens with zero attached hydrogens (tertiary/aromatic N) is 2. The van der Waals surface area contributed by atoms with Crippen LogP contribution in [-0.2, 0) is 19.1 Å². The number of likely N-dealkylation sites (tertiary alicyclic amines) is 1. The van der Waals surface area contributed by atoms with Gasteiger partial charge in [0.15, 0.2) is 0 Å². The highest BCUT2D eigenvalue weighted by Gasteiger charge is 2.27. The number of methoxy groups -OCH3 is 1. The van der Waals surface area contributed by atoms with Crippen LogP contribution in [0.1, 0.15) is 12.8 Å². The van der Waals surface area contributed by atoms with Crippen molar-refractivity contribution in [3.05, 3.63) is 0 Å². The van der Waals surface area contributed by atoms with Crippen LogP contribution in [0.4, 0.5) is 0 Å². The minimum atomic E-state index is -0.268. The third-order valence-corrected chi connectivity index (χ3v) is 3.41. The number of rotatable bonds is 4. The maximum Gasteiger partial charge on any atom is 0.308 e. The fourth-order valence-electron chi connectivity index (χ4n) is 2.17. The Bertz CT molecular complexity index is 317. The molecular formula is C12H20N2O4. The summed E-state index contributed by atoms with van der Waals surface area (Å²) in [5.74, 6) is -0.0871. The molecule has 2 heterocycles. The van der Waals surface area contributed by atoms with Crippen molar-refractivity contribution in [3.63, 3.8) is 0 Å². The molecule has 0 spiro atoms. The van der Waals surface area contributed by atoms with E-state index in [2.05, 4.69) is 9.64 Å². The lowest BCUT2D eigenvalue weighted by Gasteiger charge is -2.36. The Balaban J connectivity index is 1.75. The molecule has 1 atom stereocenters. The summed E-state index contributed by atoms with van der Waals surface area (Å²) in [5.41, 5.74) is 0. The molecule has 2 aliphatic heterocycles. The summed E-state index contributed by atoms with van der Waals surface area (Å²) in [7, 11) is 1.37. The van der Waals surface area contributed by atoms with Gasteiger partial charge in [0.25, 0.3) is 0 Å². The maximum absolute atomic E-state index is 11.8. The second-order valence-electron chi connectivity index (χ2n) is 4.74. The summed E-state index contributed by atoms with van der Waals surface area (Å²) >= 11 is 0. The van der Waals surface area contributed by atoms with Gasteiger partial charge >= 0.3 is 5.97 Å². The summed E-state index contributed by atoms with van der Waals surface area (Å²) in [6.07, 6.45) is 1.21. The number of hydrogen-bond donors (Lipinski definition) is 0. The van der Waals surface area contributed by atoms with E-state index in [9.17, 15) is 9.59 Å².